The van der Waals surface area contributed by atoms with Crippen molar-refractivity contribution in [1.29, 1.82) is 0 Å². The first-order valence-electron chi connectivity index (χ1n) is 7.28. The maximum atomic E-state index is 6.05. The van der Waals surface area contributed by atoms with E-state index in [1.165, 1.54) is 11.1 Å². The van der Waals surface area contributed by atoms with Crippen molar-refractivity contribution in [2.24, 2.45) is 5.73 Å². The molecule has 0 bridgehead atoms. The predicted molar refractivity (Wildman–Crippen MR) is 86.8 cm³/mol. The Balaban J connectivity index is 2.32. The first-order valence-corrected chi connectivity index (χ1v) is 7.28. The van der Waals surface area contributed by atoms with Gasteiger partial charge in [-0.2, -0.15) is 0 Å². The molecule has 0 saturated carbocycles. The molecule has 1 aromatic heterocycles. The fourth-order valence-corrected chi connectivity index (χ4v) is 2.18. The lowest BCUT2D eigenvalue weighted by atomic mass is 9.86. The van der Waals surface area contributed by atoms with Crippen LogP contribution in [0.5, 0.6) is 11.5 Å². The molecule has 0 fully saturated rings. The van der Waals surface area contributed by atoms with Crippen LogP contribution < -0.4 is 10.5 Å². The van der Waals surface area contributed by atoms with Crippen LogP contribution in [-0.4, -0.2) is 4.98 Å². The summed E-state index contributed by atoms with van der Waals surface area (Å²) in [6, 6.07) is 10.1. The summed E-state index contributed by atoms with van der Waals surface area (Å²) in [5, 5.41) is 0. The Morgan fingerprint density at radius 2 is 1.86 bits per heavy atom. The Morgan fingerprint density at radius 3 is 2.38 bits per heavy atom. The van der Waals surface area contributed by atoms with E-state index in [9.17, 15) is 0 Å². The SMILES string of the molecule is Cc1ccc(C(C)(C)C)c(Oc2ccc([C@@H](C)N)nc2)c1. The van der Waals surface area contributed by atoms with Gasteiger partial charge in [0.05, 0.1) is 11.9 Å². The Bertz CT molecular complexity index is 610. The molecule has 112 valence electrons. The second-order valence-corrected chi connectivity index (χ2v) is 6.56. The molecule has 0 unspecified atom stereocenters. The van der Waals surface area contributed by atoms with Crippen LogP contribution in [-0.2, 0) is 5.41 Å². The molecule has 0 saturated heterocycles. The van der Waals surface area contributed by atoms with Gasteiger partial charge in [0, 0.05) is 11.6 Å². The van der Waals surface area contributed by atoms with Gasteiger partial charge in [-0.1, -0.05) is 32.9 Å². The minimum atomic E-state index is -0.0665. The van der Waals surface area contributed by atoms with Crippen molar-refractivity contribution in [3.63, 3.8) is 0 Å². The predicted octanol–water partition coefficient (Wildman–Crippen LogP) is 4.50. The van der Waals surface area contributed by atoms with E-state index in [1.807, 2.05) is 19.1 Å². The smallest absolute Gasteiger partial charge is 0.145 e. The molecular weight excluding hydrogens is 260 g/mol. The third kappa shape index (κ3) is 3.82. The monoisotopic (exact) mass is 284 g/mol. The molecule has 2 rings (SSSR count). The van der Waals surface area contributed by atoms with E-state index in [0.717, 1.165) is 17.2 Å². The number of hydrogen-bond donors (Lipinski definition) is 1. The summed E-state index contributed by atoms with van der Waals surface area (Å²) in [7, 11) is 0. The molecule has 0 aliphatic carbocycles. The van der Waals surface area contributed by atoms with Crippen LogP contribution in [0.1, 0.15) is 50.6 Å². The number of nitrogens with two attached hydrogens (primary N) is 1. The van der Waals surface area contributed by atoms with Crippen molar-refractivity contribution in [3.05, 3.63) is 53.3 Å². The Morgan fingerprint density at radius 1 is 1.14 bits per heavy atom. The summed E-state index contributed by atoms with van der Waals surface area (Å²) in [6.07, 6.45) is 1.73. The number of nitrogens with zero attached hydrogens (tertiary/aromatic N) is 1. The van der Waals surface area contributed by atoms with Gasteiger partial charge in [0.15, 0.2) is 0 Å². The lowest BCUT2D eigenvalue weighted by molar-refractivity contribution is 0.452. The molecule has 21 heavy (non-hydrogen) atoms. The molecule has 0 aliphatic heterocycles. The van der Waals surface area contributed by atoms with Crippen LogP contribution in [0.25, 0.3) is 0 Å². The topological polar surface area (TPSA) is 48.1 Å². The second-order valence-electron chi connectivity index (χ2n) is 6.56. The minimum Gasteiger partial charge on any atom is -0.455 e. The summed E-state index contributed by atoms with van der Waals surface area (Å²) >= 11 is 0. The van der Waals surface area contributed by atoms with Crippen molar-refractivity contribution in [3.8, 4) is 11.5 Å². The van der Waals surface area contributed by atoms with E-state index in [0.29, 0.717) is 0 Å². The van der Waals surface area contributed by atoms with Crippen molar-refractivity contribution < 1.29 is 4.74 Å². The highest BCUT2D eigenvalue weighted by molar-refractivity contribution is 5.43. The van der Waals surface area contributed by atoms with Crippen LogP contribution in [0.15, 0.2) is 36.5 Å². The molecule has 1 atom stereocenters. The number of benzene rings is 1. The van der Waals surface area contributed by atoms with Gasteiger partial charge in [-0.05, 0) is 43.0 Å². The summed E-state index contributed by atoms with van der Waals surface area (Å²) < 4.78 is 6.05. The highest BCUT2D eigenvalue weighted by atomic mass is 16.5. The summed E-state index contributed by atoms with van der Waals surface area (Å²) in [5.74, 6) is 1.62. The number of ether oxygens (including phenoxy) is 1. The van der Waals surface area contributed by atoms with Crippen LogP contribution in [0, 0.1) is 6.92 Å². The molecule has 1 aromatic carbocycles. The molecule has 0 radical (unpaired) electrons. The first kappa shape index (κ1) is 15.5. The molecule has 3 heteroatoms. The number of pyridine rings is 1. The quantitative estimate of drug-likeness (QED) is 0.902. The lowest BCUT2D eigenvalue weighted by Crippen LogP contribution is -2.12. The Labute approximate surface area is 127 Å². The normalized spacial score (nSPS) is 13.0. The third-order valence-electron chi connectivity index (χ3n) is 3.40. The van der Waals surface area contributed by atoms with E-state index in [1.54, 1.807) is 6.20 Å². The Hall–Kier alpha value is -1.87. The summed E-state index contributed by atoms with van der Waals surface area (Å²) in [5.41, 5.74) is 9.07. The fourth-order valence-electron chi connectivity index (χ4n) is 2.18. The average Bonchev–Trinajstić information content (AvgIpc) is 2.38. The first-order chi connectivity index (χ1) is 9.77. The van der Waals surface area contributed by atoms with Gasteiger partial charge in [0.25, 0.3) is 0 Å². The van der Waals surface area contributed by atoms with E-state index >= 15 is 0 Å². The average molecular weight is 284 g/mol. The van der Waals surface area contributed by atoms with Crippen LogP contribution >= 0.6 is 0 Å². The van der Waals surface area contributed by atoms with E-state index in [-0.39, 0.29) is 11.5 Å². The van der Waals surface area contributed by atoms with Crippen molar-refractivity contribution >= 4 is 0 Å². The van der Waals surface area contributed by atoms with Gasteiger partial charge in [-0.3, -0.25) is 4.98 Å². The van der Waals surface area contributed by atoms with E-state index < -0.39 is 0 Å². The van der Waals surface area contributed by atoms with Gasteiger partial charge >= 0.3 is 0 Å². The molecule has 3 nitrogen and oxygen atoms in total. The van der Waals surface area contributed by atoms with Crippen molar-refractivity contribution in [1.82, 2.24) is 4.98 Å². The van der Waals surface area contributed by atoms with E-state index in [2.05, 4.69) is 50.9 Å². The fraction of sp³-hybridized carbons (Fsp3) is 0.389. The minimum absolute atomic E-state index is 0.0299. The van der Waals surface area contributed by atoms with Gasteiger partial charge in [0.2, 0.25) is 0 Å². The van der Waals surface area contributed by atoms with E-state index in [4.69, 9.17) is 10.5 Å². The number of aryl methyl sites for hydroxylation is 1. The zero-order valence-corrected chi connectivity index (χ0v) is 13.5. The Kier molecular flexibility index (Phi) is 4.33. The summed E-state index contributed by atoms with van der Waals surface area (Å²) in [4.78, 5) is 4.34. The maximum Gasteiger partial charge on any atom is 0.145 e. The van der Waals surface area contributed by atoms with Gasteiger partial charge in [-0.15, -0.1) is 0 Å². The molecule has 2 aromatic rings. The number of aromatic nitrogens is 1. The molecule has 0 aliphatic rings. The van der Waals surface area contributed by atoms with Gasteiger partial charge < -0.3 is 10.5 Å². The zero-order chi connectivity index (χ0) is 15.6. The van der Waals surface area contributed by atoms with Crippen LogP contribution in [0.3, 0.4) is 0 Å². The lowest BCUT2D eigenvalue weighted by Gasteiger charge is -2.23. The highest BCUT2D eigenvalue weighted by Gasteiger charge is 2.19. The van der Waals surface area contributed by atoms with Crippen LogP contribution in [0.2, 0.25) is 0 Å². The number of hydrogen-bond acceptors (Lipinski definition) is 3. The van der Waals surface area contributed by atoms with Crippen LogP contribution in [0.4, 0.5) is 0 Å². The van der Waals surface area contributed by atoms with Gasteiger partial charge in [-0.25, -0.2) is 0 Å². The molecule has 0 amide bonds. The van der Waals surface area contributed by atoms with Crippen molar-refractivity contribution in [2.75, 3.05) is 0 Å². The molecule has 2 N–H and O–H groups in total. The molecule has 0 spiro atoms. The van der Waals surface area contributed by atoms with Crippen molar-refractivity contribution in [2.45, 2.75) is 46.1 Å². The second kappa shape index (κ2) is 5.86. The molecule has 1 heterocycles. The largest absolute Gasteiger partial charge is 0.455 e. The maximum absolute atomic E-state index is 6.05. The zero-order valence-electron chi connectivity index (χ0n) is 13.5. The standard InChI is InChI=1S/C18H24N2O/c1-12-6-8-15(18(3,4)5)17(10-12)21-14-7-9-16(13(2)19)20-11-14/h6-11,13H,19H2,1-5H3/t13-/m1/s1. The third-order valence-corrected chi connectivity index (χ3v) is 3.40. The molecular formula is C18H24N2O. The summed E-state index contributed by atoms with van der Waals surface area (Å²) in [6.45, 7) is 10.5. The highest BCUT2D eigenvalue weighted by Crippen LogP contribution is 2.34. The number of rotatable bonds is 3. The van der Waals surface area contributed by atoms with Gasteiger partial charge in [0.1, 0.15) is 11.5 Å².